The van der Waals surface area contributed by atoms with Crippen molar-refractivity contribution in [2.24, 2.45) is 5.41 Å². The minimum atomic E-state index is -0.267. The third-order valence-corrected chi connectivity index (χ3v) is 2.17. The predicted octanol–water partition coefficient (Wildman–Crippen LogP) is 3.76. The zero-order valence-corrected chi connectivity index (χ0v) is 9.34. The Morgan fingerprint density at radius 1 is 1.36 bits per heavy atom. The van der Waals surface area contributed by atoms with Crippen molar-refractivity contribution >= 4 is 0 Å². The molecule has 1 nitrogen and oxygen atoms in total. The van der Waals surface area contributed by atoms with Gasteiger partial charge < -0.3 is 0 Å². The number of nitrogens with zero attached hydrogens (tertiary/aromatic N) is 1. The molecular weight excluding hydrogens is 177 g/mol. The first-order chi connectivity index (χ1) is 6.38. The normalized spacial score (nSPS) is 14.1. The van der Waals surface area contributed by atoms with Gasteiger partial charge in [0, 0.05) is 5.69 Å². The molecule has 0 spiro atoms. The van der Waals surface area contributed by atoms with Crippen molar-refractivity contribution in [2.45, 2.75) is 40.0 Å². The summed E-state index contributed by atoms with van der Waals surface area (Å²) in [6, 6.07) is 3.24. The fraction of sp³-hybridized carbons (Fsp3) is 0.583. The smallest absolute Gasteiger partial charge is 0.141 e. The Morgan fingerprint density at radius 3 is 2.43 bits per heavy atom. The van der Waals surface area contributed by atoms with Gasteiger partial charge in [-0.15, -0.1) is 0 Å². The van der Waals surface area contributed by atoms with Gasteiger partial charge in [0.2, 0.25) is 0 Å². The zero-order chi connectivity index (χ0) is 10.8. The molecule has 0 bridgehead atoms. The molecule has 0 fully saturated rings. The van der Waals surface area contributed by atoms with Crippen molar-refractivity contribution in [3.63, 3.8) is 0 Å². The number of hydrogen-bond donors (Lipinski definition) is 0. The predicted molar refractivity (Wildman–Crippen MR) is 56.7 cm³/mol. The molecule has 0 aliphatic heterocycles. The first-order valence-corrected chi connectivity index (χ1v) is 5.00. The lowest BCUT2D eigenvalue weighted by atomic mass is 9.84. The molecule has 14 heavy (non-hydrogen) atoms. The highest BCUT2D eigenvalue weighted by molar-refractivity contribution is 5.10. The highest BCUT2D eigenvalue weighted by Crippen LogP contribution is 2.29. The largest absolute Gasteiger partial charge is 0.258 e. The summed E-state index contributed by atoms with van der Waals surface area (Å²) in [5, 5.41) is 0. The lowest BCUT2D eigenvalue weighted by Crippen LogP contribution is -2.10. The number of aromatic nitrogens is 1. The van der Waals surface area contributed by atoms with Gasteiger partial charge >= 0.3 is 0 Å². The van der Waals surface area contributed by atoms with Crippen LogP contribution in [0, 0.1) is 11.2 Å². The Hall–Kier alpha value is -0.920. The van der Waals surface area contributed by atoms with E-state index in [1.165, 1.54) is 12.3 Å². The van der Waals surface area contributed by atoms with E-state index in [-0.39, 0.29) is 11.2 Å². The minimum Gasteiger partial charge on any atom is -0.258 e. The second-order valence-electron chi connectivity index (χ2n) is 5.07. The molecule has 78 valence electrons. The Labute approximate surface area is 85.4 Å². The lowest BCUT2D eigenvalue weighted by Gasteiger charge is -2.22. The summed E-state index contributed by atoms with van der Waals surface area (Å²) < 4.78 is 12.6. The molecule has 0 unspecified atom stereocenters. The van der Waals surface area contributed by atoms with Crippen LogP contribution in [0.4, 0.5) is 4.39 Å². The van der Waals surface area contributed by atoms with Crippen molar-refractivity contribution in [3.8, 4) is 0 Å². The second-order valence-corrected chi connectivity index (χ2v) is 5.07. The molecule has 0 radical (unpaired) electrons. The molecule has 0 amide bonds. The maximum atomic E-state index is 12.6. The Kier molecular flexibility index (Phi) is 3.25. The van der Waals surface area contributed by atoms with Crippen molar-refractivity contribution in [1.82, 2.24) is 4.98 Å². The fourth-order valence-corrected chi connectivity index (χ4v) is 1.70. The highest BCUT2D eigenvalue weighted by atomic mass is 19.1. The maximum Gasteiger partial charge on any atom is 0.141 e. The Balaban J connectivity index is 2.70. The van der Waals surface area contributed by atoms with Gasteiger partial charge in [0.05, 0.1) is 6.20 Å². The van der Waals surface area contributed by atoms with E-state index < -0.39 is 0 Å². The molecule has 1 heterocycles. The van der Waals surface area contributed by atoms with Crippen molar-refractivity contribution in [1.29, 1.82) is 0 Å². The van der Waals surface area contributed by atoms with Crippen LogP contribution in [-0.2, 0) is 0 Å². The van der Waals surface area contributed by atoms with Crippen LogP contribution >= 0.6 is 0 Å². The average Bonchev–Trinajstić information content (AvgIpc) is 2.02. The van der Waals surface area contributed by atoms with E-state index in [0.29, 0.717) is 5.92 Å². The van der Waals surface area contributed by atoms with E-state index >= 15 is 0 Å². The van der Waals surface area contributed by atoms with Gasteiger partial charge in [-0.3, -0.25) is 4.98 Å². The average molecular weight is 195 g/mol. The van der Waals surface area contributed by atoms with Crippen LogP contribution in [0.5, 0.6) is 0 Å². The first-order valence-electron chi connectivity index (χ1n) is 5.00. The van der Waals surface area contributed by atoms with Gasteiger partial charge in [-0.05, 0) is 29.9 Å². The fourth-order valence-electron chi connectivity index (χ4n) is 1.70. The number of halogens is 1. The Bertz CT molecular complexity index is 284. The second kappa shape index (κ2) is 4.07. The molecular formula is C12H18FN. The summed E-state index contributed by atoms with van der Waals surface area (Å²) in [4.78, 5) is 4.09. The van der Waals surface area contributed by atoms with Crippen molar-refractivity contribution in [2.75, 3.05) is 0 Å². The molecule has 1 rings (SSSR count). The summed E-state index contributed by atoms with van der Waals surface area (Å²) in [6.07, 6.45) is 2.35. The van der Waals surface area contributed by atoms with Gasteiger partial charge in [0.1, 0.15) is 5.82 Å². The van der Waals surface area contributed by atoms with E-state index in [0.717, 1.165) is 12.1 Å². The zero-order valence-electron chi connectivity index (χ0n) is 9.34. The van der Waals surface area contributed by atoms with E-state index in [4.69, 9.17) is 0 Å². The third kappa shape index (κ3) is 3.44. The van der Waals surface area contributed by atoms with E-state index in [1.807, 2.05) is 0 Å². The topological polar surface area (TPSA) is 12.9 Å². The summed E-state index contributed by atoms with van der Waals surface area (Å²) in [5.41, 5.74) is 1.26. The quantitative estimate of drug-likeness (QED) is 0.700. The summed E-state index contributed by atoms with van der Waals surface area (Å²) in [7, 11) is 0. The SMILES string of the molecule is C[C@@H](CC(C)(C)C)c1ccc(F)cn1. The number of rotatable bonds is 2. The van der Waals surface area contributed by atoms with Gasteiger partial charge in [-0.2, -0.15) is 0 Å². The van der Waals surface area contributed by atoms with Gasteiger partial charge in [-0.1, -0.05) is 27.7 Å². The molecule has 0 saturated heterocycles. The summed E-state index contributed by atoms with van der Waals surface area (Å²) in [5.74, 6) is 0.118. The van der Waals surface area contributed by atoms with Crippen LogP contribution in [0.2, 0.25) is 0 Å². The van der Waals surface area contributed by atoms with E-state index in [1.54, 1.807) is 6.07 Å². The Morgan fingerprint density at radius 2 is 2.00 bits per heavy atom. The van der Waals surface area contributed by atoms with Gasteiger partial charge in [0.15, 0.2) is 0 Å². The van der Waals surface area contributed by atoms with Crippen LogP contribution in [0.15, 0.2) is 18.3 Å². The maximum absolute atomic E-state index is 12.6. The van der Waals surface area contributed by atoms with Crippen LogP contribution in [-0.4, -0.2) is 4.98 Å². The molecule has 0 N–H and O–H groups in total. The van der Waals surface area contributed by atoms with Crippen LogP contribution < -0.4 is 0 Å². The standard InChI is InChI=1S/C12H18FN/c1-9(7-12(2,3)4)11-6-5-10(13)8-14-11/h5-6,8-9H,7H2,1-4H3/t9-/m0/s1. The number of hydrogen-bond acceptors (Lipinski definition) is 1. The van der Waals surface area contributed by atoms with Crippen LogP contribution in [0.3, 0.4) is 0 Å². The van der Waals surface area contributed by atoms with Crippen LogP contribution in [0.1, 0.15) is 45.7 Å². The minimum absolute atomic E-state index is 0.267. The molecule has 2 heteroatoms. The van der Waals surface area contributed by atoms with Crippen molar-refractivity contribution < 1.29 is 4.39 Å². The van der Waals surface area contributed by atoms with Gasteiger partial charge in [-0.25, -0.2) is 4.39 Å². The molecule has 0 aliphatic rings. The van der Waals surface area contributed by atoms with E-state index in [2.05, 4.69) is 32.7 Å². The van der Waals surface area contributed by atoms with Crippen molar-refractivity contribution in [3.05, 3.63) is 29.8 Å². The molecule has 1 aromatic rings. The number of pyridine rings is 1. The highest BCUT2D eigenvalue weighted by Gasteiger charge is 2.17. The van der Waals surface area contributed by atoms with E-state index in [9.17, 15) is 4.39 Å². The molecule has 0 saturated carbocycles. The molecule has 1 aromatic heterocycles. The van der Waals surface area contributed by atoms with Crippen LogP contribution in [0.25, 0.3) is 0 Å². The molecule has 0 aliphatic carbocycles. The summed E-state index contributed by atoms with van der Waals surface area (Å²) >= 11 is 0. The molecule has 1 atom stereocenters. The van der Waals surface area contributed by atoms with Gasteiger partial charge in [0.25, 0.3) is 0 Å². The lowest BCUT2D eigenvalue weighted by molar-refractivity contribution is 0.346. The summed E-state index contributed by atoms with van der Waals surface area (Å²) in [6.45, 7) is 8.73. The monoisotopic (exact) mass is 195 g/mol. The third-order valence-electron chi connectivity index (χ3n) is 2.17. The first kappa shape index (κ1) is 11.2. The molecule has 0 aromatic carbocycles.